The van der Waals surface area contributed by atoms with Gasteiger partial charge in [0.15, 0.2) is 5.76 Å². The second-order valence-electron chi connectivity index (χ2n) is 4.70. The normalized spacial score (nSPS) is 10.3. The first kappa shape index (κ1) is 15.8. The van der Waals surface area contributed by atoms with E-state index in [1.54, 1.807) is 31.2 Å². The number of rotatable bonds is 6. The standard InChI is InChI=1S/C16H17FN2O3/c1-2-19(16(21)14-4-3-9-22-14)11-15(20)18-10-12-5-7-13(17)8-6-12/h3-9H,2,10-11H2,1H3,(H,18,20). The number of amides is 2. The largest absolute Gasteiger partial charge is 0.459 e. The van der Waals surface area contributed by atoms with Crippen LogP contribution in [0, 0.1) is 5.82 Å². The lowest BCUT2D eigenvalue weighted by molar-refractivity contribution is -0.121. The van der Waals surface area contributed by atoms with Crippen molar-refractivity contribution >= 4 is 11.8 Å². The van der Waals surface area contributed by atoms with Crippen LogP contribution in [0.1, 0.15) is 23.0 Å². The number of furan rings is 1. The van der Waals surface area contributed by atoms with E-state index in [1.807, 2.05) is 0 Å². The van der Waals surface area contributed by atoms with Gasteiger partial charge in [0, 0.05) is 13.1 Å². The molecule has 0 saturated carbocycles. The Hall–Kier alpha value is -2.63. The Morgan fingerprint density at radius 2 is 1.95 bits per heavy atom. The number of benzene rings is 1. The van der Waals surface area contributed by atoms with E-state index in [0.29, 0.717) is 6.54 Å². The minimum absolute atomic E-state index is 0.0583. The van der Waals surface area contributed by atoms with Gasteiger partial charge in [-0.2, -0.15) is 0 Å². The topological polar surface area (TPSA) is 62.6 Å². The van der Waals surface area contributed by atoms with Crippen LogP contribution < -0.4 is 5.32 Å². The first-order valence-electron chi connectivity index (χ1n) is 6.94. The highest BCUT2D eigenvalue weighted by Gasteiger charge is 2.19. The molecule has 1 heterocycles. The molecule has 0 unspecified atom stereocenters. The van der Waals surface area contributed by atoms with Crippen molar-refractivity contribution in [1.82, 2.24) is 10.2 Å². The summed E-state index contributed by atoms with van der Waals surface area (Å²) < 4.78 is 17.8. The maximum atomic E-state index is 12.8. The second kappa shape index (κ2) is 7.40. The molecule has 2 amide bonds. The van der Waals surface area contributed by atoms with E-state index in [9.17, 15) is 14.0 Å². The Morgan fingerprint density at radius 1 is 1.23 bits per heavy atom. The minimum atomic E-state index is -0.329. The Kier molecular flexibility index (Phi) is 5.30. The van der Waals surface area contributed by atoms with Gasteiger partial charge >= 0.3 is 0 Å². The van der Waals surface area contributed by atoms with Crippen LogP contribution >= 0.6 is 0 Å². The number of carbonyl (C=O) groups is 2. The monoisotopic (exact) mass is 304 g/mol. The van der Waals surface area contributed by atoms with Crippen LogP contribution in [0.2, 0.25) is 0 Å². The number of hydrogen-bond donors (Lipinski definition) is 1. The molecule has 5 nitrogen and oxygen atoms in total. The Balaban J connectivity index is 1.87. The maximum absolute atomic E-state index is 12.8. The quantitative estimate of drug-likeness (QED) is 0.890. The van der Waals surface area contributed by atoms with E-state index in [2.05, 4.69) is 5.32 Å². The fraction of sp³-hybridized carbons (Fsp3) is 0.250. The number of halogens is 1. The van der Waals surface area contributed by atoms with Crippen LogP contribution in [-0.4, -0.2) is 29.8 Å². The number of likely N-dealkylation sites (N-methyl/N-ethyl adjacent to an activating group) is 1. The number of hydrogen-bond acceptors (Lipinski definition) is 3. The first-order chi connectivity index (χ1) is 10.6. The predicted octanol–water partition coefficient (Wildman–Crippen LogP) is 2.20. The average molecular weight is 304 g/mol. The Bertz CT molecular complexity index is 623. The summed E-state index contributed by atoms with van der Waals surface area (Å²) in [5.74, 6) is -0.736. The number of nitrogens with one attached hydrogen (secondary N) is 1. The molecule has 0 aliphatic rings. The maximum Gasteiger partial charge on any atom is 0.290 e. The third kappa shape index (κ3) is 4.18. The fourth-order valence-electron chi connectivity index (χ4n) is 1.92. The lowest BCUT2D eigenvalue weighted by Gasteiger charge is -2.19. The molecule has 0 atom stereocenters. The van der Waals surface area contributed by atoms with Crippen molar-refractivity contribution in [3.05, 3.63) is 59.8 Å². The summed E-state index contributed by atoms with van der Waals surface area (Å²) in [5, 5.41) is 2.70. The van der Waals surface area contributed by atoms with Crippen LogP contribution in [0.5, 0.6) is 0 Å². The van der Waals surface area contributed by atoms with Crippen LogP contribution in [-0.2, 0) is 11.3 Å². The summed E-state index contributed by atoms with van der Waals surface area (Å²) in [6, 6.07) is 9.04. The molecule has 0 saturated heterocycles. The molecule has 1 aromatic carbocycles. The van der Waals surface area contributed by atoms with Gasteiger partial charge in [-0.1, -0.05) is 12.1 Å². The van der Waals surface area contributed by atoms with Crippen LogP contribution in [0.15, 0.2) is 47.1 Å². The Morgan fingerprint density at radius 3 is 2.55 bits per heavy atom. The van der Waals surface area contributed by atoms with Gasteiger partial charge in [0.1, 0.15) is 5.82 Å². The van der Waals surface area contributed by atoms with Gasteiger partial charge < -0.3 is 14.6 Å². The molecule has 0 bridgehead atoms. The molecule has 1 aromatic heterocycles. The SMILES string of the molecule is CCN(CC(=O)NCc1ccc(F)cc1)C(=O)c1ccco1. The van der Waals surface area contributed by atoms with Crippen LogP contribution in [0.25, 0.3) is 0 Å². The van der Waals surface area contributed by atoms with Crippen molar-refractivity contribution in [1.29, 1.82) is 0 Å². The van der Waals surface area contributed by atoms with Crippen LogP contribution in [0.4, 0.5) is 4.39 Å². The zero-order valence-electron chi connectivity index (χ0n) is 12.2. The van der Waals surface area contributed by atoms with E-state index < -0.39 is 0 Å². The lowest BCUT2D eigenvalue weighted by atomic mass is 10.2. The van der Waals surface area contributed by atoms with Crippen molar-refractivity contribution in [3.8, 4) is 0 Å². The van der Waals surface area contributed by atoms with E-state index in [1.165, 1.54) is 23.3 Å². The lowest BCUT2D eigenvalue weighted by Crippen LogP contribution is -2.40. The van der Waals surface area contributed by atoms with E-state index in [0.717, 1.165) is 5.56 Å². The highest BCUT2D eigenvalue weighted by atomic mass is 19.1. The van der Waals surface area contributed by atoms with Gasteiger partial charge in [-0.05, 0) is 36.8 Å². The van der Waals surface area contributed by atoms with Gasteiger partial charge in [-0.25, -0.2) is 4.39 Å². The molecular weight excluding hydrogens is 287 g/mol. The summed E-state index contributed by atoms with van der Waals surface area (Å²) in [5.41, 5.74) is 0.787. The molecule has 0 spiro atoms. The molecular formula is C16H17FN2O3. The van der Waals surface area contributed by atoms with Gasteiger partial charge in [-0.3, -0.25) is 9.59 Å². The molecule has 22 heavy (non-hydrogen) atoms. The van der Waals surface area contributed by atoms with Gasteiger partial charge in [-0.15, -0.1) is 0 Å². The van der Waals surface area contributed by atoms with Crippen molar-refractivity contribution in [3.63, 3.8) is 0 Å². The third-order valence-corrected chi connectivity index (χ3v) is 3.14. The third-order valence-electron chi connectivity index (χ3n) is 3.14. The Labute approximate surface area is 127 Å². The molecule has 1 N–H and O–H groups in total. The fourth-order valence-corrected chi connectivity index (χ4v) is 1.92. The molecule has 0 aliphatic carbocycles. The van der Waals surface area contributed by atoms with E-state index >= 15 is 0 Å². The summed E-state index contributed by atoms with van der Waals surface area (Å²) in [6.45, 7) is 2.40. The zero-order chi connectivity index (χ0) is 15.9. The minimum Gasteiger partial charge on any atom is -0.459 e. The molecule has 2 aromatic rings. The molecule has 0 radical (unpaired) electrons. The van der Waals surface area contributed by atoms with Crippen molar-refractivity contribution in [2.75, 3.05) is 13.1 Å². The predicted molar refractivity (Wildman–Crippen MR) is 78.5 cm³/mol. The molecule has 2 rings (SSSR count). The summed E-state index contributed by atoms with van der Waals surface area (Å²) >= 11 is 0. The molecule has 0 aliphatic heterocycles. The molecule has 0 fully saturated rings. The highest BCUT2D eigenvalue weighted by Crippen LogP contribution is 2.06. The average Bonchev–Trinajstić information content (AvgIpc) is 3.06. The smallest absolute Gasteiger partial charge is 0.290 e. The second-order valence-corrected chi connectivity index (χ2v) is 4.70. The summed E-state index contributed by atoms with van der Waals surface area (Å²) in [7, 11) is 0. The van der Waals surface area contributed by atoms with Crippen LogP contribution in [0.3, 0.4) is 0 Å². The number of nitrogens with zero attached hydrogens (tertiary/aromatic N) is 1. The van der Waals surface area contributed by atoms with Gasteiger partial charge in [0.25, 0.3) is 5.91 Å². The zero-order valence-corrected chi connectivity index (χ0v) is 12.2. The van der Waals surface area contributed by atoms with Gasteiger partial charge in [0.05, 0.1) is 12.8 Å². The van der Waals surface area contributed by atoms with Gasteiger partial charge in [0.2, 0.25) is 5.91 Å². The first-order valence-corrected chi connectivity index (χ1v) is 6.94. The van der Waals surface area contributed by atoms with Crippen molar-refractivity contribution in [2.45, 2.75) is 13.5 Å². The van der Waals surface area contributed by atoms with Crippen molar-refractivity contribution in [2.24, 2.45) is 0 Å². The van der Waals surface area contributed by atoms with E-state index in [-0.39, 0.29) is 36.5 Å². The number of carbonyl (C=O) groups excluding carboxylic acids is 2. The highest BCUT2D eigenvalue weighted by molar-refractivity contribution is 5.94. The summed E-state index contributed by atoms with van der Waals surface area (Å²) in [4.78, 5) is 25.4. The van der Waals surface area contributed by atoms with Crippen molar-refractivity contribution < 1.29 is 18.4 Å². The summed E-state index contributed by atoms with van der Waals surface area (Å²) in [6.07, 6.45) is 1.41. The molecule has 116 valence electrons. The van der Waals surface area contributed by atoms with E-state index in [4.69, 9.17) is 4.42 Å². The molecule has 6 heteroatoms.